The number of methoxy groups -OCH3 is 1. The first kappa shape index (κ1) is 23.6. The zero-order chi connectivity index (χ0) is 24.3. The predicted octanol–water partition coefficient (Wildman–Crippen LogP) is 5.68. The van der Waals surface area contributed by atoms with Crippen molar-refractivity contribution in [1.29, 1.82) is 0 Å². The molecule has 3 aromatic carbocycles. The number of ketones is 1. The molecule has 1 amide bonds. The zero-order valence-corrected chi connectivity index (χ0v) is 20.2. The summed E-state index contributed by atoms with van der Waals surface area (Å²) in [6.07, 6.45) is 2.68. The highest BCUT2D eigenvalue weighted by molar-refractivity contribution is 6.30. The number of rotatable bonds is 6. The number of halogens is 1. The Hall–Kier alpha value is -3.57. The molecule has 3 aromatic rings. The molecule has 0 unspecified atom stereocenters. The summed E-state index contributed by atoms with van der Waals surface area (Å²) in [5, 5.41) is 6.98. The summed E-state index contributed by atoms with van der Waals surface area (Å²) < 4.78 is 5.38. The fourth-order valence-corrected chi connectivity index (χ4v) is 4.24. The van der Waals surface area contributed by atoms with Crippen molar-refractivity contribution >= 4 is 34.7 Å². The Labute approximate surface area is 204 Å². The molecule has 0 radical (unpaired) electrons. The van der Waals surface area contributed by atoms with Crippen molar-refractivity contribution in [3.05, 3.63) is 100 Å². The Bertz CT molecular complexity index is 1260. The van der Waals surface area contributed by atoms with E-state index in [0.717, 1.165) is 34.6 Å². The Balaban J connectivity index is 1.54. The van der Waals surface area contributed by atoms with E-state index in [0.29, 0.717) is 16.3 Å². The van der Waals surface area contributed by atoms with Gasteiger partial charge in [-0.3, -0.25) is 9.59 Å². The number of carbonyl (C=O) groups excluding carboxylic acids is 2. The number of allylic oxidation sites excluding steroid dienone is 1. The molecule has 0 saturated heterocycles. The number of ether oxygens (including phenoxy) is 1. The summed E-state index contributed by atoms with van der Waals surface area (Å²) in [6.45, 7) is 4.21. The molecule has 0 atom stereocenters. The Morgan fingerprint density at radius 2 is 1.85 bits per heavy atom. The van der Waals surface area contributed by atoms with Gasteiger partial charge in [0.15, 0.2) is 5.78 Å². The molecule has 6 heteroatoms. The minimum absolute atomic E-state index is 0.150. The van der Waals surface area contributed by atoms with Crippen molar-refractivity contribution < 1.29 is 14.3 Å². The van der Waals surface area contributed by atoms with Gasteiger partial charge in [-0.05, 0) is 67.8 Å². The topological polar surface area (TPSA) is 67.4 Å². The molecular formula is C28H27ClN2O3. The maximum Gasteiger partial charge on any atom is 0.228 e. The third-order valence-electron chi connectivity index (χ3n) is 5.70. The van der Waals surface area contributed by atoms with E-state index in [4.69, 9.17) is 16.3 Å². The molecule has 5 nitrogen and oxygen atoms in total. The molecule has 2 N–H and O–H groups in total. The number of carbonyl (C=O) groups is 2. The van der Waals surface area contributed by atoms with Crippen molar-refractivity contribution in [3.8, 4) is 5.75 Å². The quantitative estimate of drug-likeness (QED) is 0.356. The van der Waals surface area contributed by atoms with Gasteiger partial charge in [0.2, 0.25) is 5.91 Å². The molecule has 0 aromatic heterocycles. The SMILES string of the molecule is COc1ccc2c(c1)C(=CC(=O)c1cccc(NC(=O)Cc3ccc(Cl)cc3)c1)NC(C)(C)C2. The average molecular weight is 475 g/mol. The van der Waals surface area contributed by atoms with Crippen LogP contribution < -0.4 is 15.4 Å². The molecule has 0 spiro atoms. The van der Waals surface area contributed by atoms with Gasteiger partial charge in [-0.1, -0.05) is 41.9 Å². The molecule has 1 aliphatic heterocycles. The fourth-order valence-electron chi connectivity index (χ4n) is 4.11. The van der Waals surface area contributed by atoms with Gasteiger partial charge in [-0.15, -0.1) is 0 Å². The van der Waals surface area contributed by atoms with E-state index in [2.05, 4.69) is 24.5 Å². The molecule has 4 rings (SSSR count). The van der Waals surface area contributed by atoms with Crippen LogP contribution in [0.5, 0.6) is 5.75 Å². The van der Waals surface area contributed by atoms with Gasteiger partial charge in [-0.2, -0.15) is 0 Å². The molecule has 174 valence electrons. The summed E-state index contributed by atoms with van der Waals surface area (Å²) in [5.74, 6) is 0.425. The van der Waals surface area contributed by atoms with Crippen LogP contribution in [0.3, 0.4) is 0 Å². The second kappa shape index (κ2) is 9.74. The summed E-state index contributed by atoms with van der Waals surface area (Å²) in [6, 6.07) is 20.1. The monoisotopic (exact) mass is 474 g/mol. The van der Waals surface area contributed by atoms with Crippen molar-refractivity contribution in [2.45, 2.75) is 32.2 Å². The zero-order valence-electron chi connectivity index (χ0n) is 19.4. The van der Waals surface area contributed by atoms with Crippen LogP contribution in [0.4, 0.5) is 5.69 Å². The Morgan fingerprint density at radius 3 is 2.59 bits per heavy atom. The fraction of sp³-hybridized carbons (Fsp3) is 0.214. The highest BCUT2D eigenvalue weighted by atomic mass is 35.5. The van der Waals surface area contributed by atoms with Crippen LogP contribution in [0.15, 0.2) is 72.8 Å². The van der Waals surface area contributed by atoms with Crippen LogP contribution in [0.1, 0.15) is 40.9 Å². The number of anilines is 1. The number of amides is 1. The summed E-state index contributed by atoms with van der Waals surface area (Å²) in [5.41, 5.74) is 4.61. The van der Waals surface area contributed by atoms with E-state index in [9.17, 15) is 9.59 Å². The Morgan fingerprint density at radius 1 is 1.09 bits per heavy atom. The summed E-state index contributed by atoms with van der Waals surface area (Å²) in [7, 11) is 1.63. The van der Waals surface area contributed by atoms with Gasteiger partial charge < -0.3 is 15.4 Å². The minimum atomic E-state index is -0.189. The highest BCUT2D eigenvalue weighted by Gasteiger charge is 2.28. The number of hydrogen-bond donors (Lipinski definition) is 2. The van der Waals surface area contributed by atoms with Gasteiger partial charge >= 0.3 is 0 Å². The van der Waals surface area contributed by atoms with E-state index >= 15 is 0 Å². The standard InChI is InChI=1S/C28H27ClN2O3/c1-28(2)17-20-9-12-23(34-3)15-24(20)25(31-28)16-26(32)19-5-4-6-22(14-19)30-27(33)13-18-7-10-21(29)11-8-18/h4-12,14-16,31H,13,17H2,1-3H3,(H,30,33). The van der Waals surface area contributed by atoms with Crippen LogP contribution in [0.2, 0.25) is 5.02 Å². The maximum absolute atomic E-state index is 13.2. The Kier molecular flexibility index (Phi) is 6.75. The van der Waals surface area contributed by atoms with E-state index in [1.807, 2.05) is 30.3 Å². The van der Waals surface area contributed by atoms with Gasteiger partial charge in [0.25, 0.3) is 0 Å². The van der Waals surface area contributed by atoms with Crippen LogP contribution in [0, 0.1) is 0 Å². The molecule has 1 heterocycles. The molecule has 1 aliphatic rings. The number of nitrogens with one attached hydrogen (secondary N) is 2. The molecule has 0 fully saturated rings. The second-order valence-corrected chi connectivity index (χ2v) is 9.50. The van der Waals surface area contributed by atoms with Gasteiger partial charge in [0.1, 0.15) is 5.75 Å². The van der Waals surface area contributed by atoms with Crippen LogP contribution in [-0.2, 0) is 17.6 Å². The summed E-state index contributed by atoms with van der Waals surface area (Å²) in [4.78, 5) is 25.6. The first-order chi connectivity index (χ1) is 16.2. The average Bonchev–Trinajstić information content (AvgIpc) is 2.80. The third kappa shape index (κ3) is 5.67. The molecule has 0 aliphatic carbocycles. The number of fused-ring (bicyclic) bond motifs is 1. The van der Waals surface area contributed by atoms with E-state index in [1.54, 1.807) is 49.6 Å². The van der Waals surface area contributed by atoms with Crippen molar-refractivity contribution in [2.75, 3.05) is 12.4 Å². The lowest BCUT2D eigenvalue weighted by Gasteiger charge is -2.35. The number of hydrogen-bond acceptors (Lipinski definition) is 4. The largest absolute Gasteiger partial charge is 0.497 e. The normalized spacial score (nSPS) is 15.2. The lowest BCUT2D eigenvalue weighted by atomic mass is 9.85. The van der Waals surface area contributed by atoms with E-state index in [1.165, 1.54) is 0 Å². The number of benzene rings is 3. The third-order valence-corrected chi connectivity index (χ3v) is 5.95. The van der Waals surface area contributed by atoms with Crippen LogP contribution in [-0.4, -0.2) is 24.3 Å². The maximum atomic E-state index is 13.2. The molecule has 0 saturated carbocycles. The van der Waals surface area contributed by atoms with E-state index in [-0.39, 0.29) is 23.7 Å². The molecular weight excluding hydrogens is 448 g/mol. The lowest BCUT2D eigenvalue weighted by Crippen LogP contribution is -2.43. The first-order valence-corrected chi connectivity index (χ1v) is 11.5. The van der Waals surface area contributed by atoms with Crippen LogP contribution >= 0.6 is 11.6 Å². The minimum Gasteiger partial charge on any atom is -0.497 e. The smallest absolute Gasteiger partial charge is 0.228 e. The van der Waals surface area contributed by atoms with Crippen molar-refractivity contribution in [3.63, 3.8) is 0 Å². The van der Waals surface area contributed by atoms with Gasteiger partial charge in [0, 0.05) is 39.1 Å². The van der Waals surface area contributed by atoms with Gasteiger partial charge in [0.05, 0.1) is 13.5 Å². The first-order valence-electron chi connectivity index (χ1n) is 11.1. The highest BCUT2D eigenvalue weighted by Crippen LogP contribution is 2.32. The molecule has 0 bridgehead atoms. The van der Waals surface area contributed by atoms with Crippen molar-refractivity contribution in [2.24, 2.45) is 0 Å². The van der Waals surface area contributed by atoms with E-state index < -0.39 is 0 Å². The van der Waals surface area contributed by atoms with Crippen molar-refractivity contribution in [1.82, 2.24) is 5.32 Å². The predicted molar refractivity (Wildman–Crippen MR) is 136 cm³/mol. The second-order valence-electron chi connectivity index (χ2n) is 9.06. The lowest BCUT2D eigenvalue weighted by molar-refractivity contribution is -0.115. The van der Waals surface area contributed by atoms with Crippen LogP contribution in [0.25, 0.3) is 5.70 Å². The molecule has 34 heavy (non-hydrogen) atoms. The van der Waals surface area contributed by atoms with Gasteiger partial charge in [-0.25, -0.2) is 0 Å². The summed E-state index contributed by atoms with van der Waals surface area (Å²) >= 11 is 5.91.